The molecule has 1 aliphatic heterocycles. The van der Waals surface area contributed by atoms with Crippen LogP contribution in [0.4, 0.5) is 11.5 Å². The van der Waals surface area contributed by atoms with E-state index < -0.39 is 0 Å². The van der Waals surface area contributed by atoms with E-state index >= 15 is 0 Å². The van der Waals surface area contributed by atoms with Crippen LogP contribution in [0.2, 0.25) is 0 Å². The molecule has 1 aliphatic rings. The molecule has 0 spiro atoms. The van der Waals surface area contributed by atoms with E-state index in [1.54, 1.807) is 25.1 Å². The number of aromatic nitrogens is 2. The Morgan fingerprint density at radius 1 is 0.971 bits per heavy atom. The van der Waals surface area contributed by atoms with Gasteiger partial charge in [0, 0.05) is 16.9 Å². The third-order valence-corrected chi connectivity index (χ3v) is 6.03. The summed E-state index contributed by atoms with van der Waals surface area (Å²) < 4.78 is 13.1. The van der Waals surface area contributed by atoms with Gasteiger partial charge in [-0.2, -0.15) is 5.10 Å². The van der Waals surface area contributed by atoms with Crippen molar-refractivity contribution in [2.45, 2.75) is 13.0 Å². The Labute approximate surface area is 204 Å². The van der Waals surface area contributed by atoms with Crippen LogP contribution >= 0.6 is 0 Å². The maximum absolute atomic E-state index is 13.2. The largest absolute Gasteiger partial charge is 0.493 e. The Kier molecular flexibility index (Phi) is 5.97. The summed E-state index contributed by atoms with van der Waals surface area (Å²) in [6.07, 6.45) is 3.67. The van der Waals surface area contributed by atoms with Crippen LogP contribution in [0.15, 0.2) is 85.1 Å². The quantitative estimate of drug-likeness (QED) is 0.391. The molecular weight excluding hydrogens is 440 g/mol. The standard InChI is InChI=1S/C28H26N4O3/c1-18-12-14-19(15-13-18)23-16-24(21-10-7-11-25(34-2)26(21)35-3)32-27(31-23)22(17-29-32)28(33)30-20-8-5-4-6-9-20/h4-17,24,31H,1-3H3,(H,30,33). The molecule has 0 fully saturated rings. The highest BCUT2D eigenvalue weighted by atomic mass is 16.5. The molecule has 35 heavy (non-hydrogen) atoms. The number of ether oxygens (including phenoxy) is 2. The molecule has 0 saturated heterocycles. The molecule has 1 atom stereocenters. The normalized spacial score (nSPS) is 14.4. The number of aryl methyl sites for hydroxylation is 1. The van der Waals surface area contributed by atoms with Crippen molar-refractivity contribution in [3.05, 3.63) is 107 Å². The summed E-state index contributed by atoms with van der Waals surface area (Å²) in [5.41, 5.74) is 5.08. The van der Waals surface area contributed by atoms with Gasteiger partial charge in [0.1, 0.15) is 17.4 Å². The molecule has 0 radical (unpaired) electrons. The fraction of sp³-hybridized carbons (Fsp3) is 0.143. The van der Waals surface area contributed by atoms with Crippen molar-refractivity contribution < 1.29 is 14.3 Å². The molecule has 3 aromatic carbocycles. The first-order valence-electron chi connectivity index (χ1n) is 11.3. The number of benzene rings is 3. The fourth-order valence-corrected chi connectivity index (χ4v) is 4.25. The molecule has 7 nitrogen and oxygen atoms in total. The molecule has 0 aliphatic carbocycles. The average molecular weight is 467 g/mol. The predicted molar refractivity (Wildman–Crippen MR) is 137 cm³/mol. The summed E-state index contributed by atoms with van der Waals surface area (Å²) in [6, 6.07) is 23.0. The van der Waals surface area contributed by atoms with Gasteiger partial charge in [-0.25, -0.2) is 4.68 Å². The molecule has 176 valence electrons. The van der Waals surface area contributed by atoms with Crippen LogP contribution < -0.4 is 20.1 Å². The monoisotopic (exact) mass is 466 g/mol. The number of fused-ring (bicyclic) bond motifs is 1. The third-order valence-electron chi connectivity index (χ3n) is 6.03. The second kappa shape index (κ2) is 9.38. The van der Waals surface area contributed by atoms with E-state index in [2.05, 4.69) is 53.0 Å². The van der Waals surface area contributed by atoms with Gasteiger partial charge in [0.15, 0.2) is 11.5 Å². The fourth-order valence-electron chi connectivity index (χ4n) is 4.25. The van der Waals surface area contributed by atoms with Crippen molar-refractivity contribution in [3.8, 4) is 11.5 Å². The summed E-state index contributed by atoms with van der Waals surface area (Å²) in [4.78, 5) is 13.2. The molecule has 2 N–H and O–H groups in total. The van der Waals surface area contributed by atoms with Crippen LogP contribution in [-0.4, -0.2) is 29.9 Å². The highest BCUT2D eigenvalue weighted by Crippen LogP contribution is 2.41. The number of amides is 1. The number of nitrogens with one attached hydrogen (secondary N) is 2. The van der Waals surface area contributed by atoms with Crippen molar-refractivity contribution in [1.82, 2.24) is 9.78 Å². The van der Waals surface area contributed by atoms with Gasteiger partial charge < -0.3 is 20.1 Å². The van der Waals surface area contributed by atoms with Gasteiger partial charge in [-0.15, -0.1) is 0 Å². The summed E-state index contributed by atoms with van der Waals surface area (Å²) in [5, 5.41) is 11.0. The van der Waals surface area contributed by atoms with E-state index in [4.69, 9.17) is 9.47 Å². The molecule has 0 saturated carbocycles. The maximum atomic E-state index is 13.2. The number of allylic oxidation sites excluding steroid dienone is 1. The zero-order chi connectivity index (χ0) is 24.4. The van der Waals surface area contributed by atoms with E-state index in [1.165, 1.54) is 5.56 Å². The number of hydrogen-bond acceptors (Lipinski definition) is 5. The Morgan fingerprint density at radius 2 is 1.74 bits per heavy atom. The summed E-state index contributed by atoms with van der Waals surface area (Å²) >= 11 is 0. The molecule has 1 amide bonds. The number of methoxy groups -OCH3 is 2. The van der Waals surface area contributed by atoms with Crippen LogP contribution in [0, 0.1) is 6.92 Å². The lowest BCUT2D eigenvalue weighted by atomic mass is 9.99. The van der Waals surface area contributed by atoms with E-state index in [9.17, 15) is 4.79 Å². The molecule has 7 heteroatoms. The molecule has 5 rings (SSSR count). The van der Waals surface area contributed by atoms with Crippen molar-refractivity contribution in [2.75, 3.05) is 24.9 Å². The van der Waals surface area contributed by atoms with Gasteiger partial charge in [-0.05, 0) is 36.8 Å². The molecule has 0 bridgehead atoms. The van der Waals surface area contributed by atoms with E-state index in [-0.39, 0.29) is 11.9 Å². The smallest absolute Gasteiger partial charge is 0.261 e. The van der Waals surface area contributed by atoms with E-state index in [1.807, 2.05) is 48.5 Å². The van der Waals surface area contributed by atoms with Crippen molar-refractivity contribution in [3.63, 3.8) is 0 Å². The number of carbonyl (C=O) groups excluding carboxylic acids is 1. The molecule has 4 aromatic rings. The number of hydrogen-bond donors (Lipinski definition) is 2. The summed E-state index contributed by atoms with van der Waals surface area (Å²) in [7, 11) is 3.23. The van der Waals surface area contributed by atoms with Crippen LogP contribution in [0.1, 0.15) is 33.1 Å². The third kappa shape index (κ3) is 4.24. The minimum absolute atomic E-state index is 0.244. The number of para-hydroxylation sites is 2. The molecular formula is C28H26N4O3. The first kappa shape index (κ1) is 22.3. The minimum Gasteiger partial charge on any atom is -0.493 e. The van der Waals surface area contributed by atoms with E-state index in [0.29, 0.717) is 28.6 Å². The Morgan fingerprint density at radius 3 is 2.46 bits per heavy atom. The van der Waals surface area contributed by atoms with Crippen molar-refractivity contribution >= 4 is 23.1 Å². The van der Waals surface area contributed by atoms with Gasteiger partial charge in [0.2, 0.25) is 0 Å². The van der Waals surface area contributed by atoms with Crippen LogP contribution in [0.3, 0.4) is 0 Å². The SMILES string of the molecule is COc1cccc(C2C=C(c3ccc(C)cc3)Nc3c(C(=O)Nc4ccccc4)cnn32)c1OC. The number of anilines is 2. The van der Waals surface area contributed by atoms with Crippen LogP contribution in [0.5, 0.6) is 11.5 Å². The van der Waals surface area contributed by atoms with Crippen molar-refractivity contribution in [2.24, 2.45) is 0 Å². The first-order valence-corrected chi connectivity index (χ1v) is 11.3. The van der Waals surface area contributed by atoms with E-state index in [0.717, 1.165) is 16.8 Å². The van der Waals surface area contributed by atoms with Gasteiger partial charge in [-0.1, -0.05) is 60.2 Å². The number of nitrogens with zero attached hydrogens (tertiary/aromatic N) is 2. The van der Waals surface area contributed by atoms with Gasteiger partial charge >= 0.3 is 0 Å². The number of rotatable bonds is 6. The van der Waals surface area contributed by atoms with Crippen LogP contribution in [-0.2, 0) is 0 Å². The minimum atomic E-state index is -0.328. The Balaban J connectivity index is 1.62. The summed E-state index contributed by atoms with van der Waals surface area (Å²) in [5.74, 6) is 1.61. The lowest BCUT2D eigenvalue weighted by molar-refractivity contribution is 0.102. The number of carbonyl (C=O) groups is 1. The lowest BCUT2D eigenvalue weighted by Gasteiger charge is -2.27. The summed E-state index contributed by atoms with van der Waals surface area (Å²) in [6.45, 7) is 2.05. The Bertz CT molecular complexity index is 1390. The molecule has 1 aromatic heterocycles. The molecule has 1 unspecified atom stereocenters. The highest BCUT2D eigenvalue weighted by Gasteiger charge is 2.30. The zero-order valence-corrected chi connectivity index (χ0v) is 19.8. The first-order chi connectivity index (χ1) is 17.1. The second-order valence-electron chi connectivity index (χ2n) is 8.27. The van der Waals surface area contributed by atoms with Crippen molar-refractivity contribution in [1.29, 1.82) is 0 Å². The second-order valence-corrected chi connectivity index (χ2v) is 8.27. The topological polar surface area (TPSA) is 77.4 Å². The molecule has 2 heterocycles. The Hall–Kier alpha value is -4.52. The highest BCUT2D eigenvalue weighted by molar-refractivity contribution is 6.08. The lowest BCUT2D eigenvalue weighted by Crippen LogP contribution is -2.22. The zero-order valence-electron chi connectivity index (χ0n) is 19.8. The van der Waals surface area contributed by atoms with Gasteiger partial charge in [0.25, 0.3) is 5.91 Å². The average Bonchev–Trinajstić information content (AvgIpc) is 3.33. The van der Waals surface area contributed by atoms with Gasteiger partial charge in [-0.3, -0.25) is 4.79 Å². The predicted octanol–water partition coefficient (Wildman–Crippen LogP) is 5.52. The van der Waals surface area contributed by atoms with Gasteiger partial charge in [0.05, 0.1) is 20.4 Å². The maximum Gasteiger partial charge on any atom is 0.261 e. The van der Waals surface area contributed by atoms with Crippen LogP contribution in [0.25, 0.3) is 5.70 Å².